The summed E-state index contributed by atoms with van der Waals surface area (Å²) in [5.41, 5.74) is -0.799. The van der Waals surface area contributed by atoms with Crippen LogP contribution in [0, 0.1) is 0 Å². The highest BCUT2D eigenvalue weighted by atomic mass is 16.4. The molecule has 0 unspecified atom stereocenters. The molecule has 0 radical (unpaired) electrons. The van der Waals surface area contributed by atoms with Gasteiger partial charge in [-0.15, -0.1) is 0 Å². The molecular weight excluding hydrogens is 212 g/mol. The SMILES string of the molecule is O=C(CO)c1cc2cccc(O)c2c(=O)o1. The molecule has 2 aromatic rings. The summed E-state index contributed by atoms with van der Waals surface area (Å²) in [6.45, 7) is -0.729. The lowest BCUT2D eigenvalue weighted by atomic mass is 10.1. The first kappa shape index (κ1) is 10.4. The van der Waals surface area contributed by atoms with Crippen molar-refractivity contribution in [2.75, 3.05) is 6.61 Å². The zero-order valence-corrected chi connectivity index (χ0v) is 8.14. The van der Waals surface area contributed by atoms with Gasteiger partial charge in [-0.05, 0) is 17.5 Å². The van der Waals surface area contributed by atoms with Crippen LogP contribution in [0.4, 0.5) is 0 Å². The van der Waals surface area contributed by atoms with Crippen molar-refractivity contribution in [3.63, 3.8) is 0 Å². The highest BCUT2D eigenvalue weighted by Gasteiger charge is 2.12. The fourth-order valence-corrected chi connectivity index (χ4v) is 1.44. The molecule has 0 saturated carbocycles. The monoisotopic (exact) mass is 220 g/mol. The van der Waals surface area contributed by atoms with Crippen LogP contribution in [0.2, 0.25) is 0 Å². The number of hydrogen-bond donors (Lipinski definition) is 2. The van der Waals surface area contributed by atoms with Crippen LogP contribution in [0.3, 0.4) is 0 Å². The smallest absolute Gasteiger partial charge is 0.348 e. The molecule has 82 valence electrons. The molecule has 0 aliphatic heterocycles. The van der Waals surface area contributed by atoms with Gasteiger partial charge in [0.05, 0.1) is 0 Å². The third-order valence-corrected chi connectivity index (χ3v) is 2.19. The number of aliphatic hydroxyl groups excluding tert-OH is 1. The van der Waals surface area contributed by atoms with Crippen molar-refractivity contribution in [3.8, 4) is 5.75 Å². The quantitative estimate of drug-likeness (QED) is 0.726. The molecule has 0 saturated heterocycles. The predicted molar refractivity (Wildman–Crippen MR) is 55.6 cm³/mol. The van der Waals surface area contributed by atoms with Gasteiger partial charge >= 0.3 is 5.63 Å². The van der Waals surface area contributed by atoms with Crippen molar-refractivity contribution in [1.29, 1.82) is 0 Å². The number of hydrogen-bond acceptors (Lipinski definition) is 5. The summed E-state index contributed by atoms with van der Waals surface area (Å²) in [5, 5.41) is 18.5. The minimum absolute atomic E-state index is 0.0250. The molecule has 5 nitrogen and oxygen atoms in total. The van der Waals surface area contributed by atoms with E-state index >= 15 is 0 Å². The van der Waals surface area contributed by atoms with Crippen LogP contribution in [-0.2, 0) is 0 Å². The number of aliphatic hydroxyl groups is 1. The first-order chi connectivity index (χ1) is 7.63. The van der Waals surface area contributed by atoms with Crippen LogP contribution < -0.4 is 5.63 Å². The first-order valence-corrected chi connectivity index (χ1v) is 4.53. The fourth-order valence-electron chi connectivity index (χ4n) is 1.44. The van der Waals surface area contributed by atoms with Gasteiger partial charge in [0.15, 0.2) is 5.76 Å². The van der Waals surface area contributed by atoms with Crippen molar-refractivity contribution in [2.24, 2.45) is 0 Å². The number of rotatable bonds is 2. The van der Waals surface area contributed by atoms with Crippen LogP contribution in [0.5, 0.6) is 5.75 Å². The topological polar surface area (TPSA) is 87.7 Å². The van der Waals surface area contributed by atoms with E-state index in [2.05, 4.69) is 0 Å². The van der Waals surface area contributed by atoms with Crippen molar-refractivity contribution < 1.29 is 19.4 Å². The Morgan fingerprint density at radius 2 is 2.12 bits per heavy atom. The van der Waals surface area contributed by atoms with Crippen LogP contribution >= 0.6 is 0 Å². The molecule has 0 fully saturated rings. The van der Waals surface area contributed by atoms with Gasteiger partial charge in [-0.25, -0.2) is 4.79 Å². The maximum atomic E-state index is 11.5. The van der Waals surface area contributed by atoms with E-state index in [1.165, 1.54) is 12.1 Å². The third kappa shape index (κ3) is 1.57. The fraction of sp³-hybridized carbons (Fsp3) is 0.0909. The molecule has 1 aromatic carbocycles. The third-order valence-electron chi connectivity index (χ3n) is 2.19. The Morgan fingerprint density at radius 3 is 2.81 bits per heavy atom. The zero-order chi connectivity index (χ0) is 11.7. The second kappa shape index (κ2) is 3.79. The summed E-state index contributed by atoms with van der Waals surface area (Å²) in [4.78, 5) is 22.6. The molecular formula is C11H8O5. The lowest BCUT2D eigenvalue weighted by molar-refractivity contribution is 0.0872. The van der Waals surface area contributed by atoms with E-state index in [0.29, 0.717) is 5.39 Å². The summed E-state index contributed by atoms with van der Waals surface area (Å²) < 4.78 is 4.70. The van der Waals surface area contributed by atoms with Gasteiger partial charge in [0.2, 0.25) is 5.78 Å². The number of phenolic OH excluding ortho intramolecular Hbond substituents is 1. The molecule has 2 rings (SSSR count). The molecule has 1 aromatic heterocycles. The Balaban J connectivity index is 2.79. The van der Waals surface area contributed by atoms with E-state index < -0.39 is 18.0 Å². The van der Waals surface area contributed by atoms with E-state index in [4.69, 9.17) is 9.52 Å². The number of benzene rings is 1. The minimum atomic E-state index is -0.799. The molecule has 0 aliphatic carbocycles. The number of ketones is 1. The summed E-state index contributed by atoms with van der Waals surface area (Å²) in [6, 6.07) is 5.78. The lowest BCUT2D eigenvalue weighted by Crippen LogP contribution is -2.09. The summed E-state index contributed by atoms with van der Waals surface area (Å²) in [5.74, 6) is -1.10. The maximum absolute atomic E-state index is 11.5. The van der Waals surface area contributed by atoms with Gasteiger partial charge in [0, 0.05) is 0 Å². The number of fused-ring (bicyclic) bond motifs is 1. The average molecular weight is 220 g/mol. The Morgan fingerprint density at radius 1 is 1.38 bits per heavy atom. The van der Waals surface area contributed by atoms with Crippen molar-refractivity contribution in [1.82, 2.24) is 0 Å². The standard InChI is InChI=1S/C11H8O5/c12-5-8(14)9-4-6-2-1-3-7(13)10(6)11(15)16-9/h1-4,12-13H,5H2. The second-order valence-electron chi connectivity index (χ2n) is 3.22. The number of Topliss-reactive ketones (excluding diaryl/α,β-unsaturated/α-hetero) is 1. The molecule has 0 aliphatic rings. The van der Waals surface area contributed by atoms with E-state index in [0.717, 1.165) is 0 Å². The van der Waals surface area contributed by atoms with Crippen molar-refractivity contribution in [3.05, 3.63) is 40.4 Å². The average Bonchev–Trinajstić information content (AvgIpc) is 2.27. The van der Waals surface area contributed by atoms with Gasteiger partial charge in [0.1, 0.15) is 17.7 Å². The van der Waals surface area contributed by atoms with Gasteiger partial charge in [-0.1, -0.05) is 12.1 Å². The summed E-state index contributed by atoms with van der Waals surface area (Å²) in [6.07, 6.45) is 0. The van der Waals surface area contributed by atoms with E-state index in [1.807, 2.05) is 0 Å². The van der Waals surface area contributed by atoms with Gasteiger partial charge < -0.3 is 14.6 Å². The number of carbonyl (C=O) groups excluding carboxylic acids is 1. The molecule has 0 spiro atoms. The first-order valence-electron chi connectivity index (χ1n) is 4.53. The highest BCUT2D eigenvalue weighted by Crippen LogP contribution is 2.21. The van der Waals surface area contributed by atoms with Crippen molar-refractivity contribution >= 4 is 16.6 Å². The van der Waals surface area contributed by atoms with Gasteiger partial charge in [0.25, 0.3) is 0 Å². The molecule has 5 heteroatoms. The second-order valence-corrected chi connectivity index (χ2v) is 3.22. The lowest BCUT2D eigenvalue weighted by Gasteiger charge is -2.01. The number of aromatic hydroxyl groups is 1. The molecule has 16 heavy (non-hydrogen) atoms. The number of phenols is 1. The van der Waals surface area contributed by atoms with E-state index in [1.54, 1.807) is 12.1 Å². The Kier molecular flexibility index (Phi) is 2.46. The molecule has 0 bridgehead atoms. The zero-order valence-electron chi connectivity index (χ0n) is 8.14. The predicted octanol–water partition coefficient (Wildman–Crippen LogP) is 0.674. The van der Waals surface area contributed by atoms with Gasteiger partial charge in [-0.2, -0.15) is 0 Å². The van der Waals surface area contributed by atoms with Crippen LogP contribution in [0.1, 0.15) is 10.6 Å². The normalized spacial score (nSPS) is 10.6. The maximum Gasteiger partial charge on any atom is 0.348 e. The molecule has 0 atom stereocenters. The Labute approximate surface area is 89.6 Å². The number of carbonyl (C=O) groups is 1. The minimum Gasteiger partial charge on any atom is -0.507 e. The molecule has 1 heterocycles. The molecule has 2 N–H and O–H groups in total. The van der Waals surface area contributed by atoms with Crippen LogP contribution in [0.15, 0.2) is 33.5 Å². The van der Waals surface area contributed by atoms with Gasteiger partial charge in [-0.3, -0.25) is 4.79 Å². The largest absolute Gasteiger partial charge is 0.507 e. The highest BCUT2D eigenvalue weighted by molar-refractivity contribution is 5.98. The summed E-state index contributed by atoms with van der Waals surface area (Å²) >= 11 is 0. The van der Waals surface area contributed by atoms with Crippen LogP contribution in [-0.4, -0.2) is 22.6 Å². The molecule has 0 amide bonds. The van der Waals surface area contributed by atoms with E-state index in [9.17, 15) is 14.7 Å². The Bertz CT molecular complexity index is 611. The van der Waals surface area contributed by atoms with Crippen LogP contribution in [0.25, 0.3) is 10.8 Å². The Hall–Kier alpha value is -2.14. The van der Waals surface area contributed by atoms with E-state index in [-0.39, 0.29) is 16.9 Å². The van der Waals surface area contributed by atoms with Crippen molar-refractivity contribution in [2.45, 2.75) is 0 Å². The summed E-state index contributed by atoms with van der Waals surface area (Å²) in [7, 11) is 0.